The molecule has 1 aromatic rings. The molecule has 2 heterocycles. The van der Waals surface area contributed by atoms with Gasteiger partial charge in [0.2, 0.25) is 0 Å². The van der Waals surface area contributed by atoms with E-state index in [4.69, 9.17) is 5.11 Å². The van der Waals surface area contributed by atoms with Gasteiger partial charge in [0.15, 0.2) is 0 Å². The number of hydrogen-bond acceptors (Lipinski definition) is 4. The maximum absolute atomic E-state index is 12.1. The molecule has 2 N–H and O–H groups in total. The second kappa shape index (κ2) is 5.47. The summed E-state index contributed by atoms with van der Waals surface area (Å²) in [6.45, 7) is 0. The fourth-order valence-electron chi connectivity index (χ4n) is 2.47. The highest BCUT2D eigenvalue weighted by Crippen LogP contribution is 2.31. The van der Waals surface area contributed by atoms with Crippen LogP contribution in [0.3, 0.4) is 0 Å². The first-order valence-corrected chi connectivity index (χ1v) is 7.89. The lowest BCUT2D eigenvalue weighted by Gasteiger charge is -2.25. The summed E-state index contributed by atoms with van der Waals surface area (Å²) < 4.78 is 1.86. The molecule has 0 radical (unpaired) electrons. The number of carbonyl (C=O) groups excluding carboxylic acids is 1. The van der Waals surface area contributed by atoms with Crippen molar-refractivity contribution in [1.29, 1.82) is 0 Å². The minimum absolute atomic E-state index is 0.0811. The van der Waals surface area contributed by atoms with E-state index in [1.165, 1.54) is 18.2 Å². The van der Waals surface area contributed by atoms with Gasteiger partial charge in [0.05, 0.1) is 6.04 Å². The molecule has 0 bridgehead atoms. The number of aromatic nitrogens is 2. The molecular formula is C13H17N3O3S. The van der Waals surface area contributed by atoms with Crippen LogP contribution in [0, 0.1) is 0 Å². The van der Waals surface area contributed by atoms with Gasteiger partial charge in [0.25, 0.3) is 5.91 Å². The summed E-state index contributed by atoms with van der Waals surface area (Å²) in [6, 6.07) is 2.09. The largest absolute Gasteiger partial charge is 0.480 e. The van der Waals surface area contributed by atoms with E-state index in [9.17, 15) is 9.59 Å². The van der Waals surface area contributed by atoms with Crippen LogP contribution in [0.1, 0.15) is 42.2 Å². The molecular weight excluding hydrogens is 278 g/mol. The minimum atomic E-state index is -0.805. The molecule has 0 unspecified atom stereocenters. The molecule has 20 heavy (non-hydrogen) atoms. The number of aliphatic carboxylic acids is 1. The fourth-order valence-corrected chi connectivity index (χ4v) is 3.67. The molecule has 2 aliphatic rings. The van der Waals surface area contributed by atoms with Gasteiger partial charge >= 0.3 is 5.97 Å². The van der Waals surface area contributed by atoms with Gasteiger partial charge in [0, 0.05) is 18.0 Å². The predicted molar refractivity (Wildman–Crippen MR) is 74.9 cm³/mol. The zero-order chi connectivity index (χ0) is 14.1. The highest BCUT2D eigenvalue weighted by molar-refractivity contribution is 8.00. The summed E-state index contributed by atoms with van der Waals surface area (Å²) in [4.78, 5) is 22.9. The van der Waals surface area contributed by atoms with Gasteiger partial charge in [-0.3, -0.25) is 14.3 Å². The molecule has 2 atom stereocenters. The van der Waals surface area contributed by atoms with E-state index in [0.717, 1.165) is 12.8 Å². The zero-order valence-corrected chi connectivity index (χ0v) is 11.8. The number of carbonyl (C=O) groups is 2. The van der Waals surface area contributed by atoms with E-state index < -0.39 is 11.2 Å². The van der Waals surface area contributed by atoms with Crippen molar-refractivity contribution < 1.29 is 14.7 Å². The number of amides is 1. The topological polar surface area (TPSA) is 84.2 Å². The van der Waals surface area contributed by atoms with Crippen molar-refractivity contribution in [2.45, 2.75) is 43.0 Å². The Morgan fingerprint density at radius 1 is 1.45 bits per heavy atom. The Labute approximate surface area is 120 Å². The summed E-state index contributed by atoms with van der Waals surface area (Å²) in [7, 11) is 0. The van der Waals surface area contributed by atoms with E-state index in [1.54, 1.807) is 6.07 Å². The molecule has 1 aliphatic heterocycles. The average molecular weight is 295 g/mol. The van der Waals surface area contributed by atoms with Gasteiger partial charge in [-0.1, -0.05) is 0 Å². The van der Waals surface area contributed by atoms with Crippen molar-refractivity contribution >= 4 is 23.6 Å². The molecule has 2 fully saturated rings. The third-order valence-corrected chi connectivity index (χ3v) is 5.29. The highest BCUT2D eigenvalue weighted by atomic mass is 32.2. The van der Waals surface area contributed by atoms with Crippen molar-refractivity contribution in [2.75, 3.05) is 5.75 Å². The number of carboxylic acid groups (broad SMARTS) is 1. The van der Waals surface area contributed by atoms with Gasteiger partial charge in [-0.2, -0.15) is 5.10 Å². The van der Waals surface area contributed by atoms with Crippen LogP contribution in [0.2, 0.25) is 0 Å². The van der Waals surface area contributed by atoms with Crippen LogP contribution in [0.4, 0.5) is 0 Å². The number of nitrogens with one attached hydrogen (secondary N) is 1. The number of nitrogens with zero attached hydrogens (tertiary/aromatic N) is 2. The van der Waals surface area contributed by atoms with Gasteiger partial charge in [-0.15, -0.1) is 11.8 Å². The van der Waals surface area contributed by atoms with Gasteiger partial charge in [-0.05, 0) is 31.7 Å². The number of rotatable bonds is 4. The second-order valence-electron chi connectivity index (χ2n) is 5.33. The smallest absolute Gasteiger partial charge is 0.316 e. The highest BCUT2D eigenvalue weighted by Gasteiger charge is 2.31. The Hall–Kier alpha value is -1.50. The number of hydrogen-bond donors (Lipinski definition) is 2. The third-order valence-electron chi connectivity index (χ3n) is 3.90. The van der Waals surface area contributed by atoms with E-state index in [0.29, 0.717) is 23.9 Å². The minimum Gasteiger partial charge on any atom is -0.480 e. The third kappa shape index (κ3) is 2.67. The first kappa shape index (κ1) is 13.5. The van der Waals surface area contributed by atoms with E-state index in [1.807, 2.05) is 10.9 Å². The van der Waals surface area contributed by atoms with Crippen LogP contribution in [0.15, 0.2) is 12.3 Å². The van der Waals surface area contributed by atoms with Gasteiger partial charge < -0.3 is 10.4 Å². The fraction of sp³-hybridized carbons (Fsp3) is 0.615. The lowest BCUT2D eigenvalue weighted by Crippen LogP contribution is -2.36. The molecule has 0 aromatic carbocycles. The van der Waals surface area contributed by atoms with E-state index in [-0.39, 0.29) is 11.9 Å². The van der Waals surface area contributed by atoms with Crippen LogP contribution in [0.5, 0.6) is 0 Å². The first-order chi connectivity index (χ1) is 9.63. The van der Waals surface area contributed by atoms with Gasteiger partial charge in [-0.25, -0.2) is 0 Å². The molecule has 6 nitrogen and oxygen atoms in total. The Bertz CT molecular complexity index is 527. The van der Waals surface area contributed by atoms with Crippen LogP contribution in [0.25, 0.3) is 0 Å². The summed E-state index contributed by atoms with van der Waals surface area (Å²) in [5.41, 5.74) is 0.417. The van der Waals surface area contributed by atoms with Crippen LogP contribution in [-0.2, 0) is 4.79 Å². The van der Waals surface area contributed by atoms with Gasteiger partial charge in [0.1, 0.15) is 10.9 Å². The van der Waals surface area contributed by atoms with Crippen LogP contribution >= 0.6 is 11.8 Å². The normalized spacial score (nSPS) is 26.2. The lowest BCUT2D eigenvalue weighted by atomic mass is 9.93. The molecule has 1 aromatic heterocycles. The molecule has 3 rings (SSSR count). The lowest BCUT2D eigenvalue weighted by molar-refractivity contribution is -0.136. The van der Waals surface area contributed by atoms with E-state index >= 15 is 0 Å². The zero-order valence-electron chi connectivity index (χ0n) is 11.0. The number of carboxylic acids is 1. The van der Waals surface area contributed by atoms with E-state index in [2.05, 4.69) is 10.4 Å². The second-order valence-corrected chi connectivity index (χ2v) is 6.57. The SMILES string of the molecule is O=C(N[C@@H]1CS[C@H](C(=O)O)C1)c1ccn(C2CCC2)n1. The van der Waals surface area contributed by atoms with Crippen molar-refractivity contribution in [2.24, 2.45) is 0 Å². The standard InChI is InChI=1S/C13H17N3O3S/c17-12(14-8-6-11(13(18)19)20-7-8)10-4-5-16(15-10)9-2-1-3-9/h4-5,8-9,11H,1-3,6-7H2,(H,14,17)(H,18,19)/t8-,11-/m0/s1. The molecule has 0 spiro atoms. The summed E-state index contributed by atoms with van der Waals surface area (Å²) >= 11 is 1.38. The molecule has 1 saturated carbocycles. The van der Waals surface area contributed by atoms with Crippen molar-refractivity contribution in [3.05, 3.63) is 18.0 Å². The Morgan fingerprint density at radius 3 is 2.85 bits per heavy atom. The van der Waals surface area contributed by atoms with Crippen molar-refractivity contribution in [3.8, 4) is 0 Å². The molecule has 1 aliphatic carbocycles. The molecule has 1 saturated heterocycles. The molecule has 1 amide bonds. The molecule has 108 valence electrons. The monoisotopic (exact) mass is 295 g/mol. The average Bonchev–Trinajstić information content (AvgIpc) is 2.95. The Balaban J connectivity index is 1.56. The Morgan fingerprint density at radius 2 is 2.25 bits per heavy atom. The first-order valence-electron chi connectivity index (χ1n) is 6.84. The summed E-state index contributed by atoms with van der Waals surface area (Å²) in [6.07, 6.45) is 5.81. The van der Waals surface area contributed by atoms with Crippen LogP contribution in [-0.4, -0.2) is 43.8 Å². The van der Waals surface area contributed by atoms with Crippen molar-refractivity contribution in [1.82, 2.24) is 15.1 Å². The molecule has 7 heteroatoms. The van der Waals surface area contributed by atoms with Crippen LogP contribution < -0.4 is 5.32 Å². The predicted octanol–water partition coefficient (Wildman–Crippen LogP) is 1.30. The van der Waals surface area contributed by atoms with Crippen molar-refractivity contribution in [3.63, 3.8) is 0 Å². The quantitative estimate of drug-likeness (QED) is 0.874. The number of thioether (sulfide) groups is 1. The maximum Gasteiger partial charge on any atom is 0.316 e. The maximum atomic E-state index is 12.1. The summed E-state index contributed by atoms with van der Waals surface area (Å²) in [5, 5.41) is 15.7. The Kier molecular flexibility index (Phi) is 3.69. The summed E-state index contributed by atoms with van der Waals surface area (Å²) in [5.74, 6) is -0.368.